The number of benzene rings is 2. The summed E-state index contributed by atoms with van der Waals surface area (Å²) in [5.41, 5.74) is -0.0428. The molecule has 1 unspecified atom stereocenters. The molecule has 0 bridgehead atoms. The number of hydrogen-bond acceptors (Lipinski definition) is 3. The summed E-state index contributed by atoms with van der Waals surface area (Å²) in [5, 5.41) is 2.85. The predicted octanol–water partition coefficient (Wildman–Crippen LogP) is 4.85. The van der Waals surface area contributed by atoms with Crippen LogP contribution in [0.1, 0.15) is 37.0 Å². The summed E-state index contributed by atoms with van der Waals surface area (Å²) in [6.45, 7) is 3.68. The van der Waals surface area contributed by atoms with Gasteiger partial charge < -0.3 is 5.32 Å². The van der Waals surface area contributed by atoms with Gasteiger partial charge >= 0.3 is 0 Å². The van der Waals surface area contributed by atoms with Crippen LogP contribution in [0, 0.1) is 5.82 Å². The lowest BCUT2D eigenvalue weighted by atomic mass is 10.2. The normalized spacial score (nSPS) is 12.6. The molecule has 0 saturated carbocycles. The van der Waals surface area contributed by atoms with Crippen LogP contribution in [0.3, 0.4) is 0 Å². The first-order valence-corrected chi connectivity index (χ1v) is 10.5. The number of carbonyl (C=O) groups excluding carboxylic acids is 1. The Morgan fingerprint density at radius 3 is 2.48 bits per heavy atom. The SMILES string of the molecule is CCCC(C)NS(=O)(=O)c1ccc(NC(=O)c2ccc(Cl)cc2Cl)c(F)c1. The number of rotatable bonds is 7. The van der Waals surface area contributed by atoms with Crippen LogP contribution in [-0.4, -0.2) is 20.4 Å². The Labute approximate surface area is 167 Å². The van der Waals surface area contributed by atoms with E-state index >= 15 is 0 Å². The molecule has 0 spiro atoms. The van der Waals surface area contributed by atoms with Gasteiger partial charge in [0.25, 0.3) is 5.91 Å². The van der Waals surface area contributed by atoms with Crippen molar-refractivity contribution in [3.05, 3.63) is 57.8 Å². The second kappa shape index (κ2) is 9.01. The summed E-state index contributed by atoms with van der Waals surface area (Å²) < 4.78 is 41.4. The van der Waals surface area contributed by atoms with E-state index in [0.717, 1.165) is 12.5 Å². The highest BCUT2D eigenvalue weighted by Gasteiger charge is 2.20. The highest BCUT2D eigenvalue weighted by Crippen LogP contribution is 2.24. The van der Waals surface area contributed by atoms with E-state index < -0.39 is 21.7 Å². The highest BCUT2D eigenvalue weighted by atomic mass is 35.5. The van der Waals surface area contributed by atoms with Gasteiger partial charge in [0.1, 0.15) is 5.82 Å². The van der Waals surface area contributed by atoms with E-state index in [1.807, 2.05) is 6.92 Å². The number of sulfonamides is 1. The summed E-state index contributed by atoms with van der Waals surface area (Å²) in [6, 6.07) is 7.30. The monoisotopic (exact) mass is 432 g/mol. The molecule has 0 fully saturated rings. The van der Waals surface area contributed by atoms with Gasteiger partial charge in [-0.2, -0.15) is 0 Å². The lowest BCUT2D eigenvalue weighted by Gasteiger charge is -2.14. The fourth-order valence-electron chi connectivity index (χ4n) is 2.45. The third kappa shape index (κ3) is 5.65. The molecule has 9 heteroatoms. The van der Waals surface area contributed by atoms with Crippen molar-refractivity contribution in [2.24, 2.45) is 0 Å². The van der Waals surface area contributed by atoms with Crippen molar-refractivity contribution in [3.63, 3.8) is 0 Å². The maximum atomic E-state index is 14.3. The van der Waals surface area contributed by atoms with Gasteiger partial charge in [0.15, 0.2) is 0 Å². The van der Waals surface area contributed by atoms with Gasteiger partial charge in [0.2, 0.25) is 10.0 Å². The second-order valence-corrected chi connectivity index (χ2v) is 8.59. The first kappa shape index (κ1) is 21.6. The van der Waals surface area contributed by atoms with Crippen molar-refractivity contribution in [2.75, 3.05) is 5.32 Å². The van der Waals surface area contributed by atoms with Gasteiger partial charge in [0.05, 0.1) is 21.2 Å². The van der Waals surface area contributed by atoms with Gasteiger partial charge in [-0.1, -0.05) is 36.5 Å². The summed E-state index contributed by atoms with van der Waals surface area (Å²) in [6.07, 6.45) is 1.48. The van der Waals surface area contributed by atoms with Crippen molar-refractivity contribution < 1.29 is 17.6 Å². The third-order valence-electron chi connectivity index (χ3n) is 3.75. The van der Waals surface area contributed by atoms with Gasteiger partial charge in [-0.05, 0) is 49.7 Å². The molecule has 1 atom stereocenters. The minimum absolute atomic E-state index is 0.118. The first-order valence-electron chi connectivity index (χ1n) is 8.22. The van der Waals surface area contributed by atoms with Crippen LogP contribution in [0.4, 0.5) is 10.1 Å². The van der Waals surface area contributed by atoms with Gasteiger partial charge in [0, 0.05) is 11.1 Å². The number of hydrogen-bond donors (Lipinski definition) is 2. The van der Waals surface area contributed by atoms with Crippen LogP contribution in [0.15, 0.2) is 41.3 Å². The van der Waals surface area contributed by atoms with E-state index in [2.05, 4.69) is 10.0 Å². The van der Waals surface area contributed by atoms with E-state index in [1.165, 1.54) is 30.3 Å². The standard InChI is InChI=1S/C18H19Cl2FN2O3S/c1-3-4-11(2)23-27(25,26)13-6-8-17(16(21)10-13)22-18(24)14-7-5-12(19)9-15(14)20/h5-11,23H,3-4H2,1-2H3,(H,22,24). The van der Waals surface area contributed by atoms with Crippen molar-refractivity contribution in [1.29, 1.82) is 0 Å². The molecule has 2 rings (SSSR count). The topological polar surface area (TPSA) is 75.3 Å². The number of amides is 1. The Morgan fingerprint density at radius 1 is 1.19 bits per heavy atom. The van der Waals surface area contributed by atoms with Gasteiger partial charge in [-0.3, -0.25) is 4.79 Å². The van der Waals surface area contributed by atoms with E-state index in [-0.39, 0.29) is 27.2 Å². The first-order chi connectivity index (χ1) is 12.6. The Morgan fingerprint density at radius 2 is 1.89 bits per heavy atom. The summed E-state index contributed by atoms with van der Waals surface area (Å²) in [4.78, 5) is 12.0. The number of carbonyl (C=O) groups is 1. The largest absolute Gasteiger partial charge is 0.319 e. The molecule has 0 heterocycles. The quantitative estimate of drug-likeness (QED) is 0.656. The zero-order valence-corrected chi connectivity index (χ0v) is 17.1. The molecule has 5 nitrogen and oxygen atoms in total. The van der Waals surface area contributed by atoms with Crippen LogP contribution >= 0.6 is 23.2 Å². The molecule has 2 aromatic carbocycles. The van der Waals surface area contributed by atoms with Crippen LogP contribution in [0.5, 0.6) is 0 Å². The summed E-state index contributed by atoms with van der Waals surface area (Å²) >= 11 is 11.7. The number of nitrogens with one attached hydrogen (secondary N) is 2. The average molecular weight is 433 g/mol. The molecule has 146 valence electrons. The maximum Gasteiger partial charge on any atom is 0.257 e. The van der Waals surface area contributed by atoms with E-state index in [4.69, 9.17) is 23.2 Å². The van der Waals surface area contributed by atoms with E-state index in [9.17, 15) is 17.6 Å². The fourth-order valence-corrected chi connectivity index (χ4v) is 4.24. The Balaban J connectivity index is 2.20. The molecule has 1 amide bonds. The molecule has 2 N–H and O–H groups in total. The molecular formula is C18H19Cl2FN2O3S. The van der Waals surface area contributed by atoms with Crippen molar-refractivity contribution >= 4 is 44.8 Å². The van der Waals surface area contributed by atoms with Crippen LogP contribution < -0.4 is 10.0 Å². The fraction of sp³-hybridized carbons (Fsp3) is 0.278. The number of anilines is 1. The Bertz CT molecular complexity index is 952. The second-order valence-electron chi connectivity index (χ2n) is 6.03. The van der Waals surface area contributed by atoms with Crippen molar-refractivity contribution in [1.82, 2.24) is 4.72 Å². The smallest absolute Gasteiger partial charge is 0.257 e. The zero-order chi connectivity index (χ0) is 20.2. The van der Waals surface area contributed by atoms with Gasteiger partial charge in [-0.25, -0.2) is 17.5 Å². The average Bonchev–Trinajstić information content (AvgIpc) is 2.56. The maximum absolute atomic E-state index is 14.3. The minimum Gasteiger partial charge on any atom is -0.319 e. The zero-order valence-electron chi connectivity index (χ0n) is 14.7. The van der Waals surface area contributed by atoms with Crippen LogP contribution in [0.25, 0.3) is 0 Å². The minimum atomic E-state index is -3.85. The molecule has 2 aromatic rings. The van der Waals surface area contributed by atoms with Crippen molar-refractivity contribution in [3.8, 4) is 0 Å². The molecular weight excluding hydrogens is 414 g/mol. The Kier molecular flexibility index (Phi) is 7.22. The molecule has 0 saturated heterocycles. The molecule has 0 aliphatic heterocycles. The Hall–Kier alpha value is -1.67. The third-order valence-corrected chi connectivity index (χ3v) is 5.89. The molecule has 0 aliphatic carbocycles. The van der Waals surface area contributed by atoms with Crippen LogP contribution in [-0.2, 0) is 10.0 Å². The summed E-state index contributed by atoms with van der Waals surface area (Å²) in [5.74, 6) is -1.51. The molecule has 0 aliphatic rings. The van der Waals surface area contributed by atoms with E-state index in [0.29, 0.717) is 11.4 Å². The lowest BCUT2D eigenvalue weighted by Crippen LogP contribution is -2.32. The molecule has 0 radical (unpaired) electrons. The molecule has 0 aromatic heterocycles. The van der Waals surface area contributed by atoms with Crippen molar-refractivity contribution in [2.45, 2.75) is 37.6 Å². The summed E-state index contributed by atoms with van der Waals surface area (Å²) in [7, 11) is -3.85. The van der Waals surface area contributed by atoms with Gasteiger partial charge in [-0.15, -0.1) is 0 Å². The number of halogens is 3. The van der Waals surface area contributed by atoms with Crippen LogP contribution in [0.2, 0.25) is 10.0 Å². The van der Waals surface area contributed by atoms with E-state index in [1.54, 1.807) is 6.92 Å². The lowest BCUT2D eigenvalue weighted by molar-refractivity contribution is 0.102. The highest BCUT2D eigenvalue weighted by molar-refractivity contribution is 7.89. The predicted molar refractivity (Wildman–Crippen MR) is 106 cm³/mol. The molecule has 27 heavy (non-hydrogen) atoms.